The highest BCUT2D eigenvalue weighted by molar-refractivity contribution is 6.34. The number of imide groups is 1. The minimum atomic E-state index is -0.560. The van der Waals surface area contributed by atoms with Crippen LogP contribution >= 0.6 is 11.6 Å². The molecule has 0 atom stereocenters. The second-order valence-electron chi connectivity index (χ2n) is 3.90. The number of methoxy groups -OCH3 is 1. The van der Waals surface area contributed by atoms with Gasteiger partial charge in [-0.2, -0.15) is 0 Å². The van der Waals surface area contributed by atoms with Gasteiger partial charge >= 0.3 is 6.03 Å². The number of rotatable bonds is 4. The van der Waals surface area contributed by atoms with E-state index in [2.05, 4.69) is 10.6 Å². The highest BCUT2D eigenvalue weighted by Gasteiger charge is 2.23. The van der Waals surface area contributed by atoms with E-state index in [1.165, 1.54) is 13.2 Å². The van der Waals surface area contributed by atoms with Crippen molar-refractivity contribution in [1.82, 2.24) is 10.6 Å². The van der Waals surface area contributed by atoms with E-state index in [9.17, 15) is 9.59 Å². The lowest BCUT2D eigenvalue weighted by atomic mass is 10.1. The molecule has 0 aromatic heterocycles. The zero-order valence-corrected chi connectivity index (χ0v) is 11.7. The molecule has 1 heterocycles. The zero-order valence-electron chi connectivity index (χ0n) is 11.0. The van der Waals surface area contributed by atoms with Gasteiger partial charge < -0.3 is 14.8 Å². The Morgan fingerprint density at radius 2 is 2.05 bits per heavy atom. The summed E-state index contributed by atoms with van der Waals surface area (Å²) < 4.78 is 10.6. The Morgan fingerprint density at radius 3 is 2.60 bits per heavy atom. The van der Waals surface area contributed by atoms with Crippen molar-refractivity contribution >= 4 is 29.6 Å². The maximum atomic E-state index is 11.5. The molecule has 0 spiro atoms. The predicted octanol–water partition coefficient (Wildman–Crippen LogP) is 1.93. The van der Waals surface area contributed by atoms with Gasteiger partial charge in [-0.25, -0.2) is 4.79 Å². The summed E-state index contributed by atoms with van der Waals surface area (Å²) in [5, 5.41) is 4.80. The third-order valence-corrected chi connectivity index (χ3v) is 3.00. The Balaban J connectivity index is 2.41. The molecule has 1 aromatic rings. The minimum Gasteiger partial charge on any atom is -0.491 e. The van der Waals surface area contributed by atoms with Crippen molar-refractivity contribution in [2.45, 2.75) is 6.92 Å². The predicted molar refractivity (Wildman–Crippen MR) is 73.8 cm³/mol. The number of hydrogen-bond donors (Lipinski definition) is 2. The van der Waals surface area contributed by atoms with E-state index in [1.807, 2.05) is 6.92 Å². The number of amides is 3. The number of urea groups is 1. The Morgan fingerprint density at radius 1 is 1.30 bits per heavy atom. The van der Waals surface area contributed by atoms with Gasteiger partial charge in [-0.1, -0.05) is 11.6 Å². The molecular weight excluding hydrogens is 284 g/mol. The maximum absolute atomic E-state index is 11.5. The lowest BCUT2D eigenvalue weighted by Gasteiger charge is -2.12. The van der Waals surface area contributed by atoms with Crippen LogP contribution in [0.1, 0.15) is 12.5 Å². The maximum Gasteiger partial charge on any atom is 0.326 e. The van der Waals surface area contributed by atoms with Crippen LogP contribution in [0.25, 0.3) is 6.08 Å². The largest absolute Gasteiger partial charge is 0.491 e. The molecule has 1 fully saturated rings. The molecule has 106 valence electrons. The van der Waals surface area contributed by atoms with E-state index in [4.69, 9.17) is 21.1 Å². The van der Waals surface area contributed by atoms with Gasteiger partial charge in [0.1, 0.15) is 5.70 Å². The van der Waals surface area contributed by atoms with Crippen molar-refractivity contribution in [1.29, 1.82) is 0 Å². The molecule has 1 aliphatic rings. The van der Waals surface area contributed by atoms with Gasteiger partial charge in [-0.15, -0.1) is 0 Å². The van der Waals surface area contributed by atoms with Crippen LogP contribution in [0.2, 0.25) is 5.02 Å². The van der Waals surface area contributed by atoms with Crippen molar-refractivity contribution in [2.24, 2.45) is 0 Å². The molecule has 6 nitrogen and oxygen atoms in total. The summed E-state index contributed by atoms with van der Waals surface area (Å²) in [6, 6.07) is 2.81. The molecule has 0 unspecified atom stereocenters. The van der Waals surface area contributed by atoms with Crippen molar-refractivity contribution in [2.75, 3.05) is 13.7 Å². The SMILES string of the molecule is CCOc1ccc(/C=C2\NC(=O)NC2=O)c(Cl)c1OC. The van der Waals surface area contributed by atoms with Gasteiger partial charge in [0, 0.05) is 0 Å². The topological polar surface area (TPSA) is 76.7 Å². The van der Waals surface area contributed by atoms with E-state index in [0.29, 0.717) is 28.7 Å². The van der Waals surface area contributed by atoms with Crippen LogP contribution in [0.5, 0.6) is 11.5 Å². The van der Waals surface area contributed by atoms with E-state index >= 15 is 0 Å². The van der Waals surface area contributed by atoms with Crippen molar-refractivity contribution in [3.8, 4) is 11.5 Å². The number of benzene rings is 1. The number of nitrogens with one attached hydrogen (secondary N) is 2. The molecule has 20 heavy (non-hydrogen) atoms. The average Bonchev–Trinajstić information content (AvgIpc) is 2.72. The molecule has 3 amide bonds. The lowest BCUT2D eigenvalue weighted by Crippen LogP contribution is -2.22. The van der Waals surface area contributed by atoms with Crippen LogP contribution in [0.4, 0.5) is 4.79 Å². The fourth-order valence-corrected chi connectivity index (χ4v) is 2.05. The summed E-state index contributed by atoms with van der Waals surface area (Å²) in [5.41, 5.74) is 0.669. The fraction of sp³-hybridized carbons (Fsp3) is 0.231. The highest BCUT2D eigenvalue weighted by atomic mass is 35.5. The van der Waals surface area contributed by atoms with Gasteiger partial charge in [0.25, 0.3) is 5.91 Å². The van der Waals surface area contributed by atoms with Crippen LogP contribution in [-0.4, -0.2) is 25.7 Å². The summed E-state index contributed by atoms with van der Waals surface area (Å²) in [5.74, 6) is 0.397. The van der Waals surface area contributed by atoms with Crippen LogP contribution in [-0.2, 0) is 4.79 Å². The van der Waals surface area contributed by atoms with E-state index in [1.54, 1.807) is 12.1 Å². The van der Waals surface area contributed by atoms with Gasteiger partial charge in [0.05, 0.1) is 18.7 Å². The summed E-state index contributed by atoms with van der Waals surface area (Å²) in [6.45, 7) is 2.33. The Labute approximate surface area is 120 Å². The van der Waals surface area contributed by atoms with Gasteiger partial charge in [0.15, 0.2) is 11.5 Å². The van der Waals surface area contributed by atoms with Crippen molar-refractivity contribution in [3.05, 3.63) is 28.4 Å². The monoisotopic (exact) mass is 296 g/mol. The Bertz CT molecular complexity index is 598. The van der Waals surface area contributed by atoms with Crippen LogP contribution in [0.15, 0.2) is 17.8 Å². The number of carbonyl (C=O) groups excluding carboxylic acids is 2. The quantitative estimate of drug-likeness (QED) is 0.657. The van der Waals surface area contributed by atoms with Crippen LogP contribution in [0, 0.1) is 0 Å². The molecule has 0 saturated carbocycles. The van der Waals surface area contributed by atoms with Crippen molar-refractivity contribution in [3.63, 3.8) is 0 Å². The number of halogens is 1. The summed E-state index contributed by atoms with van der Waals surface area (Å²) >= 11 is 6.22. The van der Waals surface area contributed by atoms with E-state index in [0.717, 1.165) is 0 Å². The summed E-state index contributed by atoms with van der Waals surface area (Å²) in [7, 11) is 1.48. The van der Waals surface area contributed by atoms with Crippen molar-refractivity contribution < 1.29 is 19.1 Å². The van der Waals surface area contributed by atoms with E-state index in [-0.39, 0.29) is 5.70 Å². The zero-order chi connectivity index (χ0) is 14.7. The third-order valence-electron chi connectivity index (χ3n) is 2.61. The fourth-order valence-electron chi connectivity index (χ4n) is 1.76. The normalized spacial score (nSPS) is 16.1. The summed E-state index contributed by atoms with van der Waals surface area (Å²) in [4.78, 5) is 22.5. The molecule has 0 radical (unpaired) electrons. The molecule has 2 rings (SSSR count). The second kappa shape index (κ2) is 5.83. The van der Waals surface area contributed by atoms with Crippen LogP contribution < -0.4 is 20.1 Å². The second-order valence-corrected chi connectivity index (χ2v) is 4.28. The molecule has 0 aliphatic carbocycles. The first-order valence-corrected chi connectivity index (χ1v) is 6.28. The van der Waals surface area contributed by atoms with Gasteiger partial charge in [0.2, 0.25) is 0 Å². The first-order valence-electron chi connectivity index (χ1n) is 5.90. The number of carbonyl (C=O) groups is 2. The Hall–Kier alpha value is -2.21. The Kier molecular flexibility index (Phi) is 4.14. The molecule has 1 saturated heterocycles. The molecule has 7 heteroatoms. The van der Waals surface area contributed by atoms with Gasteiger partial charge in [-0.05, 0) is 30.7 Å². The molecule has 2 N–H and O–H groups in total. The first-order chi connectivity index (χ1) is 9.56. The summed E-state index contributed by atoms with van der Waals surface area (Å²) in [6.07, 6.45) is 1.47. The lowest BCUT2D eigenvalue weighted by molar-refractivity contribution is -0.115. The van der Waals surface area contributed by atoms with E-state index < -0.39 is 11.9 Å². The third kappa shape index (κ3) is 2.70. The molecule has 1 aliphatic heterocycles. The standard InChI is InChI=1S/C13H13ClN2O4/c1-3-20-9-5-4-7(10(14)11(9)19-2)6-8-12(17)16-13(18)15-8/h4-6H,3H2,1-2H3,(H2,15,16,17,18)/b8-6-. The average molecular weight is 297 g/mol. The first kappa shape index (κ1) is 14.2. The minimum absolute atomic E-state index is 0.128. The van der Waals surface area contributed by atoms with Gasteiger partial charge in [-0.3, -0.25) is 10.1 Å². The smallest absolute Gasteiger partial charge is 0.326 e. The number of hydrogen-bond acceptors (Lipinski definition) is 4. The van der Waals surface area contributed by atoms with Crippen LogP contribution in [0.3, 0.4) is 0 Å². The highest BCUT2D eigenvalue weighted by Crippen LogP contribution is 2.38. The molecular formula is C13H13ClN2O4. The molecule has 0 bridgehead atoms. The number of ether oxygens (including phenoxy) is 2. The molecule has 1 aromatic carbocycles.